The summed E-state index contributed by atoms with van der Waals surface area (Å²) < 4.78 is 0. The molecule has 1 heteroatoms. The van der Waals surface area contributed by atoms with Crippen LogP contribution in [0.3, 0.4) is 0 Å². The normalized spacial score (nSPS) is 10.7. The van der Waals surface area contributed by atoms with Crippen molar-refractivity contribution in [2.24, 2.45) is 0 Å². The third-order valence-electron chi connectivity index (χ3n) is 4.43. The number of benzene rings is 2. The Morgan fingerprint density at radius 2 is 1.65 bits per heavy atom. The number of unbranched alkanes of at least 4 members (excludes halogenated alkanes) is 1. The van der Waals surface area contributed by atoms with Crippen molar-refractivity contribution in [1.29, 1.82) is 0 Å². The van der Waals surface area contributed by atoms with Gasteiger partial charge in [-0.05, 0) is 24.0 Å². The Kier molecular flexibility index (Phi) is 6.91. The second kappa shape index (κ2) is 8.69. The van der Waals surface area contributed by atoms with Gasteiger partial charge in [-0.3, -0.25) is 0 Å². The summed E-state index contributed by atoms with van der Waals surface area (Å²) >= 11 is 0. The third-order valence-corrected chi connectivity index (χ3v) is 4.43. The number of rotatable bonds is 6. The molecule has 0 aromatic heterocycles. The van der Waals surface area contributed by atoms with E-state index in [4.69, 9.17) is 0 Å². The molecule has 0 saturated heterocycles. The minimum Gasteiger partial charge on any atom is -0.164 e. The van der Waals surface area contributed by atoms with Crippen LogP contribution in [0.5, 0.6) is 0 Å². The van der Waals surface area contributed by atoms with Crippen molar-refractivity contribution in [2.75, 3.05) is 0 Å². The first kappa shape index (κ1) is 18.3. The molecule has 0 saturated carbocycles. The van der Waals surface area contributed by atoms with E-state index in [2.05, 4.69) is 68.4 Å². The summed E-state index contributed by atoms with van der Waals surface area (Å²) in [5, 5.41) is 2.78. The molecular weight excluding hydrogens is 355 g/mol. The fourth-order valence-corrected chi connectivity index (χ4v) is 3.21. The van der Waals surface area contributed by atoms with E-state index in [-0.39, 0.29) is 26.2 Å². The Hall–Kier alpha value is -1.07. The number of hydrogen-bond donors (Lipinski definition) is 0. The van der Waals surface area contributed by atoms with Gasteiger partial charge in [-0.15, -0.1) is 34.5 Å². The standard InChI is InChI=1S/C22H25.Zr/c1-3-5-8-18-15-20-9-6-10-21(22(20)16-18)19-13-11-17(7-4-2)12-14-19;/h6,9-16H,3-5,7-8H2,1-2H3;/q-1;. The van der Waals surface area contributed by atoms with E-state index in [9.17, 15) is 0 Å². The first-order valence-corrected chi connectivity index (χ1v) is 8.59. The molecule has 3 rings (SSSR count). The van der Waals surface area contributed by atoms with Gasteiger partial charge in [-0.2, -0.15) is 6.07 Å². The van der Waals surface area contributed by atoms with Gasteiger partial charge >= 0.3 is 0 Å². The Balaban J connectivity index is 0.00000192. The van der Waals surface area contributed by atoms with E-state index in [0.717, 1.165) is 0 Å². The molecule has 0 amide bonds. The van der Waals surface area contributed by atoms with E-state index in [0.29, 0.717) is 0 Å². The first-order chi connectivity index (χ1) is 10.8. The quantitative estimate of drug-likeness (QED) is 0.427. The zero-order valence-electron chi connectivity index (χ0n) is 14.2. The smallest absolute Gasteiger partial charge is 0 e. The maximum Gasteiger partial charge on any atom is 0 e. The van der Waals surface area contributed by atoms with Crippen LogP contribution in [0.2, 0.25) is 0 Å². The summed E-state index contributed by atoms with van der Waals surface area (Å²) in [6, 6.07) is 20.5. The van der Waals surface area contributed by atoms with Gasteiger partial charge in [0.05, 0.1) is 0 Å². The number of aryl methyl sites for hydroxylation is 2. The SMILES string of the molecule is CCCCc1cc2c(-c3ccc(CCC)cc3)cccc2[cH-]1.[Zr]. The van der Waals surface area contributed by atoms with Crippen LogP contribution >= 0.6 is 0 Å². The molecule has 0 fully saturated rings. The van der Waals surface area contributed by atoms with E-state index < -0.39 is 0 Å². The van der Waals surface area contributed by atoms with Crippen molar-refractivity contribution in [3.05, 3.63) is 65.7 Å². The molecule has 0 spiro atoms. The van der Waals surface area contributed by atoms with E-state index in [1.165, 1.54) is 65.1 Å². The van der Waals surface area contributed by atoms with Gasteiger partial charge in [0.25, 0.3) is 0 Å². The molecule has 0 aliphatic carbocycles. The molecule has 0 nitrogen and oxygen atoms in total. The van der Waals surface area contributed by atoms with Crippen molar-refractivity contribution < 1.29 is 26.2 Å². The molecule has 0 aliphatic heterocycles. The average Bonchev–Trinajstić information content (AvgIpc) is 2.97. The largest absolute Gasteiger partial charge is 0.164 e. The minimum absolute atomic E-state index is 0. The van der Waals surface area contributed by atoms with Crippen molar-refractivity contribution in [3.8, 4) is 11.1 Å². The van der Waals surface area contributed by atoms with Crippen LogP contribution in [0, 0.1) is 0 Å². The van der Waals surface area contributed by atoms with Gasteiger partial charge in [0.2, 0.25) is 0 Å². The van der Waals surface area contributed by atoms with Crippen LogP contribution in [0.4, 0.5) is 0 Å². The van der Waals surface area contributed by atoms with Crippen LogP contribution in [-0.4, -0.2) is 0 Å². The second-order valence-corrected chi connectivity index (χ2v) is 6.22. The predicted molar refractivity (Wildman–Crippen MR) is 97.6 cm³/mol. The summed E-state index contributed by atoms with van der Waals surface area (Å²) in [6.07, 6.45) is 6.10. The number of hydrogen-bond acceptors (Lipinski definition) is 0. The van der Waals surface area contributed by atoms with Gasteiger partial charge in [-0.25, -0.2) is 0 Å². The van der Waals surface area contributed by atoms with Crippen molar-refractivity contribution >= 4 is 10.8 Å². The average molecular weight is 381 g/mol. The summed E-state index contributed by atoms with van der Waals surface area (Å²) in [5.41, 5.74) is 5.61. The summed E-state index contributed by atoms with van der Waals surface area (Å²) in [5.74, 6) is 0. The molecule has 3 aromatic carbocycles. The van der Waals surface area contributed by atoms with Crippen molar-refractivity contribution in [3.63, 3.8) is 0 Å². The summed E-state index contributed by atoms with van der Waals surface area (Å²) in [6.45, 7) is 4.49. The summed E-state index contributed by atoms with van der Waals surface area (Å²) in [7, 11) is 0. The van der Waals surface area contributed by atoms with Gasteiger partial charge in [-0.1, -0.05) is 69.0 Å². The second-order valence-electron chi connectivity index (χ2n) is 6.22. The van der Waals surface area contributed by atoms with Crippen molar-refractivity contribution in [1.82, 2.24) is 0 Å². The third kappa shape index (κ3) is 4.27. The maximum absolute atomic E-state index is 2.39. The Labute approximate surface area is 159 Å². The van der Waals surface area contributed by atoms with Crippen LogP contribution < -0.4 is 0 Å². The van der Waals surface area contributed by atoms with Crippen molar-refractivity contribution in [2.45, 2.75) is 46.0 Å². The Morgan fingerprint density at radius 1 is 0.870 bits per heavy atom. The van der Waals surface area contributed by atoms with Gasteiger partial charge < -0.3 is 0 Å². The van der Waals surface area contributed by atoms with Gasteiger partial charge in [0.15, 0.2) is 0 Å². The molecule has 0 heterocycles. The van der Waals surface area contributed by atoms with Gasteiger partial charge in [0, 0.05) is 26.2 Å². The van der Waals surface area contributed by atoms with Crippen LogP contribution in [0.15, 0.2) is 54.6 Å². The van der Waals surface area contributed by atoms with E-state index in [1.54, 1.807) is 0 Å². The van der Waals surface area contributed by atoms with Crippen LogP contribution in [-0.2, 0) is 39.0 Å². The molecule has 0 bridgehead atoms. The maximum atomic E-state index is 2.39. The van der Waals surface area contributed by atoms with Crippen LogP contribution in [0.1, 0.15) is 44.2 Å². The molecule has 0 aliphatic rings. The van der Waals surface area contributed by atoms with E-state index in [1.807, 2.05) is 0 Å². The fourth-order valence-electron chi connectivity index (χ4n) is 3.21. The Morgan fingerprint density at radius 3 is 2.35 bits per heavy atom. The zero-order valence-corrected chi connectivity index (χ0v) is 16.7. The first-order valence-electron chi connectivity index (χ1n) is 8.59. The molecular formula is C22H25Zr-. The predicted octanol–water partition coefficient (Wildman–Crippen LogP) is 6.52. The molecule has 0 atom stereocenters. The molecule has 3 aromatic rings. The Bertz CT molecular complexity index is 734. The number of fused-ring (bicyclic) bond motifs is 1. The minimum atomic E-state index is 0. The summed E-state index contributed by atoms with van der Waals surface area (Å²) in [4.78, 5) is 0. The molecule has 23 heavy (non-hydrogen) atoms. The molecule has 0 radical (unpaired) electrons. The van der Waals surface area contributed by atoms with E-state index >= 15 is 0 Å². The van der Waals surface area contributed by atoms with Gasteiger partial charge in [0.1, 0.15) is 0 Å². The monoisotopic (exact) mass is 379 g/mol. The van der Waals surface area contributed by atoms with Crippen LogP contribution in [0.25, 0.3) is 21.9 Å². The molecule has 0 unspecified atom stereocenters. The topological polar surface area (TPSA) is 0 Å². The fraction of sp³-hybridized carbons (Fsp3) is 0.318. The zero-order chi connectivity index (χ0) is 15.4. The molecule has 0 N–H and O–H groups in total. The molecule has 118 valence electrons.